The van der Waals surface area contributed by atoms with Crippen molar-refractivity contribution in [3.05, 3.63) is 23.8 Å². The number of rotatable bonds is 8. The number of methoxy groups -OCH3 is 1. The van der Waals surface area contributed by atoms with E-state index in [2.05, 4.69) is 11.2 Å². The molecule has 0 radical (unpaired) electrons. The Hall–Kier alpha value is -2.19. The van der Waals surface area contributed by atoms with Gasteiger partial charge in [0.2, 0.25) is 5.91 Å². The van der Waals surface area contributed by atoms with Gasteiger partial charge in [0.05, 0.1) is 7.11 Å². The van der Waals surface area contributed by atoms with Crippen molar-refractivity contribution in [3.8, 4) is 23.8 Å². The van der Waals surface area contributed by atoms with E-state index in [1.165, 1.54) is 0 Å². The van der Waals surface area contributed by atoms with Crippen LogP contribution in [0.25, 0.3) is 0 Å². The molecule has 0 heterocycles. The van der Waals surface area contributed by atoms with E-state index in [1.807, 2.05) is 12.1 Å². The van der Waals surface area contributed by atoms with Gasteiger partial charge in [-0.15, -0.1) is 6.42 Å². The summed E-state index contributed by atoms with van der Waals surface area (Å²) < 4.78 is 10.6. The van der Waals surface area contributed by atoms with Crippen LogP contribution in [-0.4, -0.2) is 37.4 Å². The van der Waals surface area contributed by atoms with Gasteiger partial charge in [-0.2, -0.15) is 0 Å². The molecular formula is C16H21NO4. The Morgan fingerprint density at radius 1 is 1.48 bits per heavy atom. The fourth-order valence-corrected chi connectivity index (χ4v) is 1.74. The van der Waals surface area contributed by atoms with Crippen molar-refractivity contribution in [1.82, 2.24) is 5.32 Å². The highest BCUT2D eigenvalue weighted by atomic mass is 16.5. The molecule has 114 valence electrons. The van der Waals surface area contributed by atoms with Crippen molar-refractivity contribution in [2.45, 2.75) is 25.9 Å². The summed E-state index contributed by atoms with van der Waals surface area (Å²) >= 11 is 0. The number of carbonyl (C=O) groups is 1. The molecule has 1 aromatic carbocycles. The fraction of sp³-hybridized carbons (Fsp3) is 0.438. The monoisotopic (exact) mass is 291 g/mol. The lowest BCUT2D eigenvalue weighted by Crippen LogP contribution is -2.35. The number of benzene rings is 1. The van der Waals surface area contributed by atoms with E-state index >= 15 is 0 Å². The number of carbonyl (C=O) groups excluding carboxylic acids is 1. The van der Waals surface area contributed by atoms with Crippen molar-refractivity contribution in [1.29, 1.82) is 0 Å². The van der Waals surface area contributed by atoms with Crippen molar-refractivity contribution in [2.24, 2.45) is 0 Å². The molecular weight excluding hydrogens is 270 g/mol. The molecule has 1 aromatic rings. The number of nitrogens with one attached hydrogen (secondary N) is 1. The molecule has 0 saturated heterocycles. The summed E-state index contributed by atoms with van der Waals surface area (Å²) in [4.78, 5) is 11.4. The topological polar surface area (TPSA) is 67.8 Å². The maximum Gasteiger partial charge on any atom is 0.248 e. The van der Waals surface area contributed by atoms with Crippen LogP contribution in [0.15, 0.2) is 18.2 Å². The molecule has 0 aliphatic rings. The average molecular weight is 291 g/mol. The van der Waals surface area contributed by atoms with Gasteiger partial charge in [0, 0.05) is 6.54 Å². The summed E-state index contributed by atoms with van der Waals surface area (Å²) in [5.41, 5.74) is 0.992. The minimum Gasteiger partial charge on any atom is -0.493 e. The number of aliphatic hydroxyl groups is 1. The first kappa shape index (κ1) is 16.9. The average Bonchev–Trinajstić information content (AvgIpc) is 2.52. The second-order valence-corrected chi connectivity index (χ2v) is 4.44. The highest BCUT2D eigenvalue weighted by Gasteiger charge is 2.11. The molecule has 2 N–H and O–H groups in total. The Morgan fingerprint density at radius 2 is 2.24 bits per heavy atom. The van der Waals surface area contributed by atoms with Gasteiger partial charge in [0.1, 0.15) is 12.7 Å². The maximum absolute atomic E-state index is 11.4. The van der Waals surface area contributed by atoms with Gasteiger partial charge in [0.25, 0.3) is 0 Å². The van der Waals surface area contributed by atoms with Gasteiger partial charge in [-0.05, 0) is 30.5 Å². The van der Waals surface area contributed by atoms with E-state index in [-0.39, 0.29) is 12.5 Å². The number of hydrogen-bond acceptors (Lipinski definition) is 4. The smallest absolute Gasteiger partial charge is 0.248 e. The largest absolute Gasteiger partial charge is 0.493 e. The Labute approximate surface area is 125 Å². The third kappa shape index (κ3) is 5.36. The van der Waals surface area contributed by atoms with Crippen LogP contribution < -0.4 is 14.8 Å². The molecule has 0 saturated carbocycles. The second-order valence-electron chi connectivity index (χ2n) is 4.44. The highest BCUT2D eigenvalue weighted by molar-refractivity contribution is 5.80. The molecule has 1 rings (SSSR count). The van der Waals surface area contributed by atoms with Crippen LogP contribution in [0.5, 0.6) is 11.5 Å². The summed E-state index contributed by atoms with van der Waals surface area (Å²) in [5.74, 6) is 3.23. The zero-order valence-corrected chi connectivity index (χ0v) is 12.4. The van der Waals surface area contributed by atoms with Gasteiger partial charge in [-0.3, -0.25) is 4.79 Å². The minimum atomic E-state index is -0.945. The summed E-state index contributed by atoms with van der Waals surface area (Å²) in [6.45, 7) is 2.38. The molecule has 0 aromatic heterocycles. The highest BCUT2D eigenvalue weighted by Crippen LogP contribution is 2.28. The molecule has 1 amide bonds. The first-order valence-electron chi connectivity index (χ1n) is 6.81. The van der Waals surface area contributed by atoms with Crippen molar-refractivity contribution < 1.29 is 19.4 Å². The Kier molecular flexibility index (Phi) is 7.13. The molecule has 1 atom stereocenters. The quantitative estimate of drug-likeness (QED) is 0.705. The van der Waals surface area contributed by atoms with Gasteiger partial charge in [-0.1, -0.05) is 18.9 Å². The van der Waals surface area contributed by atoms with Crippen molar-refractivity contribution in [3.63, 3.8) is 0 Å². The molecule has 5 nitrogen and oxygen atoms in total. The second kappa shape index (κ2) is 8.88. The van der Waals surface area contributed by atoms with Crippen molar-refractivity contribution >= 4 is 5.91 Å². The molecule has 21 heavy (non-hydrogen) atoms. The third-order valence-corrected chi connectivity index (χ3v) is 2.94. The number of ether oxygens (including phenoxy) is 2. The zero-order chi connectivity index (χ0) is 15.7. The SMILES string of the molecule is C#CCOc1ccc(CCNC(=O)C(O)CC)cc1OC. The van der Waals surface area contributed by atoms with Gasteiger partial charge >= 0.3 is 0 Å². The lowest BCUT2D eigenvalue weighted by Gasteiger charge is -2.12. The molecule has 0 spiro atoms. The number of amides is 1. The van der Waals surface area contributed by atoms with Crippen LogP contribution in [0.3, 0.4) is 0 Å². The molecule has 0 aliphatic heterocycles. The van der Waals surface area contributed by atoms with E-state index in [9.17, 15) is 9.90 Å². The van der Waals surface area contributed by atoms with Crippen molar-refractivity contribution in [2.75, 3.05) is 20.3 Å². The van der Waals surface area contributed by atoms with Crippen LogP contribution in [0.1, 0.15) is 18.9 Å². The Bertz CT molecular complexity index is 507. The van der Waals surface area contributed by atoms with Gasteiger partial charge in [-0.25, -0.2) is 0 Å². The summed E-state index contributed by atoms with van der Waals surface area (Å²) in [5, 5.41) is 12.0. The van der Waals surface area contributed by atoms with E-state index in [4.69, 9.17) is 15.9 Å². The number of aliphatic hydroxyl groups excluding tert-OH is 1. The maximum atomic E-state index is 11.4. The third-order valence-electron chi connectivity index (χ3n) is 2.94. The summed E-state index contributed by atoms with van der Waals surface area (Å²) in [7, 11) is 1.56. The number of terminal acetylenes is 1. The first-order valence-corrected chi connectivity index (χ1v) is 6.81. The minimum absolute atomic E-state index is 0.181. The standard InChI is InChI=1S/C16H21NO4/c1-4-10-21-14-7-6-12(11-15(14)20-3)8-9-17-16(19)13(18)5-2/h1,6-7,11,13,18H,5,8-10H2,2-3H3,(H,17,19). The fourth-order valence-electron chi connectivity index (χ4n) is 1.74. The molecule has 0 bridgehead atoms. The predicted octanol–water partition coefficient (Wildman–Crippen LogP) is 1.14. The molecule has 1 unspecified atom stereocenters. The summed E-state index contributed by atoms with van der Waals surface area (Å²) in [6.07, 6.45) is 5.24. The van der Waals surface area contributed by atoms with Crippen LogP contribution >= 0.6 is 0 Å². The lowest BCUT2D eigenvalue weighted by atomic mass is 10.1. The van der Waals surface area contributed by atoms with Gasteiger partial charge in [0.15, 0.2) is 11.5 Å². The van der Waals surface area contributed by atoms with Crippen LogP contribution in [-0.2, 0) is 11.2 Å². The molecule has 5 heteroatoms. The number of hydrogen-bond donors (Lipinski definition) is 2. The Morgan fingerprint density at radius 3 is 2.86 bits per heavy atom. The van der Waals surface area contributed by atoms with Crippen LogP contribution in [0.2, 0.25) is 0 Å². The Balaban J connectivity index is 2.56. The molecule has 0 aliphatic carbocycles. The van der Waals surface area contributed by atoms with E-state index in [0.717, 1.165) is 5.56 Å². The summed E-state index contributed by atoms with van der Waals surface area (Å²) in [6, 6.07) is 5.51. The normalized spacial score (nSPS) is 11.3. The van der Waals surface area contributed by atoms with Crippen LogP contribution in [0.4, 0.5) is 0 Å². The molecule has 0 fully saturated rings. The van der Waals surface area contributed by atoms with E-state index in [0.29, 0.717) is 30.9 Å². The predicted molar refractivity (Wildman–Crippen MR) is 80.3 cm³/mol. The first-order chi connectivity index (χ1) is 10.1. The van der Waals surface area contributed by atoms with Crippen LogP contribution in [0, 0.1) is 12.3 Å². The zero-order valence-electron chi connectivity index (χ0n) is 12.4. The van der Waals surface area contributed by atoms with E-state index in [1.54, 1.807) is 20.1 Å². The van der Waals surface area contributed by atoms with E-state index < -0.39 is 6.10 Å². The lowest BCUT2D eigenvalue weighted by molar-refractivity contribution is -0.129. The van der Waals surface area contributed by atoms with Gasteiger partial charge < -0.3 is 19.9 Å².